The Labute approximate surface area is 225 Å². The minimum Gasteiger partial charge on any atom is -0.548 e. The van der Waals surface area contributed by atoms with Crippen LogP contribution in [0.4, 0.5) is 0 Å². The summed E-state index contributed by atoms with van der Waals surface area (Å²) >= 11 is 12.0. The molecule has 0 saturated carbocycles. The van der Waals surface area contributed by atoms with Crippen molar-refractivity contribution >= 4 is 41.2 Å². The van der Waals surface area contributed by atoms with Gasteiger partial charge in [0.1, 0.15) is 0 Å². The predicted molar refractivity (Wildman–Crippen MR) is 122 cm³/mol. The average molecular weight is 500 g/mol. The number of nitrogens with one attached hydrogen (secondary N) is 1. The van der Waals surface area contributed by atoms with E-state index in [1.165, 1.54) is 12.1 Å². The first kappa shape index (κ1) is 27.9. The third kappa shape index (κ3) is 7.06. The van der Waals surface area contributed by atoms with Gasteiger partial charge in [-0.2, -0.15) is 0 Å². The number of benzene rings is 2. The Morgan fingerprint density at radius 1 is 1.15 bits per heavy atom. The van der Waals surface area contributed by atoms with E-state index in [-0.39, 0.29) is 57.2 Å². The van der Waals surface area contributed by atoms with Crippen LogP contribution in [0.3, 0.4) is 0 Å². The summed E-state index contributed by atoms with van der Waals surface area (Å²) < 4.78 is 11.3. The summed E-state index contributed by atoms with van der Waals surface area (Å²) in [5, 5.41) is 14.2. The first-order valence-corrected chi connectivity index (χ1v) is 11.0. The third-order valence-electron chi connectivity index (χ3n) is 5.59. The average Bonchev–Trinajstić information content (AvgIpc) is 2.79. The fourth-order valence-electron chi connectivity index (χ4n) is 3.71. The first-order chi connectivity index (χ1) is 15.4. The summed E-state index contributed by atoms with van der Waals surface area (Å²) in [5.74, 6) is -2.07. The van der Waals surface area contributed by atoms with Gasteiger partial charge in [-0.1, -0.05) is 65.7 Å². The quantitative estimate of drug-likeness (QED) is 0.537. The van der Waals surface area contributed by atoms with E-state index in [0.717, 1.165) is 24.0 Å². The smallest absolute Gasteiger partial charge is 0.548 e. The second kappa shape index (κ2) is 12.9. The van der Waals surface area contributed by atoms with Gasteiger partial charge in [0, 0.05) is 33.2 Å². The second-order valence-electron chi connectivity index (χ2n) is 7.51. The standard InChI is InChI=1S/C24H25Cl2NO5.Na/c1-31-24(12-14-32-15-13-24)17-10-8-16(9-11-17)4-2-7-20(23(29)30)27-22(28)21-18(25)5-3-6-19(21)26;/h2-6,8-11,20H,7,12-15H2,1H3,(H,27,28)(H,29,30);/q;+1/p-1/b4-2+;. The molecule has 2 aromatic rings. The molecule has 0 bridgehead atoms. The largest absolute Gasteiger partial charge is 1.00 e. The van der Waals surface area contributed by atoms with Gasteiger partial charge < -0.3 is 24.7 Å². The number of amides is 1. The van der Waals surface area contributed by atoms with Crippen LogP contribution in [-0.4, -0.2) is 38.2 Å². The number of methoxy groups -OCH3 is 1. The van der Waals surface area contributed by atoms with Gasteiger partial charge in [0.15, 0.2) is 0 Å². The molecule has 1 aliphatic heterocycles. The van der Waals surface area contributed by atoms with Gasteiger partial charge in [-0.15, -0.1) is 0 Å². The van der Waals surface area contributed by atoms with Gasteiger partial charge in [-0.05, 0) is 29.7 Å². The molecule has 1 fully saturated rings. The first-order valence-electron chi connectivity index (χ1n) is 10.2. The minimum atomic E-state index is -1.40. The van der Waals surface area contributed by atoms with Crippen LogP contribution in [0, 0.1) is 0 Å². The van der Waals surface area contributed by atoms with E-state index in [2.05, 4.69) is 5.32 Å². The molecule has 1 N–H and O–H groups in total. The minimum absolute atomic E-state index is 0. The van der Waals surface area contributed by atoms with Gasteiger partial charge in [0.2, 0.25) is 0 Å². The van der Waals surface area contributed by atoms with Crippen LogP contribution in [0.5, 0.6) is 0 Å². The Kier molecular flexibility index (Phi) is 10.9. The molecule has 0 aliphatic carbocycles. The predicted octanol–water partition coefficient (Wildman–Crippen LogP) is 0.601. The molecule has 1 aliphatic rings. The molecule has 1 atom stereocenters. The number of carboxylic acids is 1. The zero-order valence-electron chi connectivity index (χ0n) is 18.6. The Balaban J connectivity index is 0.00000385. The molecule has 9 heteroatoms. The zero-order chi connectivity index (χ0) is 23.1. The molecular formula is C24H24Cl2NNaO5. The van der Waals surface area contributed by atoms with Crippen molar-refractivity contribution < 1.29 is 53.7 Å². The number of carboxylic acid groups (broad SMARTS) is 1. The maximum atomic E-state index is 12.5. The number of hydrogen-bond acceptors (Lipinski definition) is 5. The molecular weight excluding hydrogens is 476 g/mol. The van der Waals surface area contributed by atoms with Gasteiger partial charge in [-0.3, -0.25) is 4.79 Å². The van der Waals surface area contributed by atoms with Crippen LogP contribution >= 0.6 is 23.2 Å². The van der Waals surface area contributed by atoms with Crippen molar-refractivity contribution in [1.82, 2.24) is 5.32 Å². The number of halogens is 2. The monoisotopic (exact) mass is 499 g/mol. The third-order valence-corrected chi connectivity index (χ3v) is 6.22. The number of aliphatic carboxylic acids is 1. The second-order valence-corrected chi connectivity index (χ2v) is 8.33. The molecule has 0 spiro atoms. The van der Waals surface area contributed by atoms with Crippen LogP contribution in [0.15, 0.2) is 48.5 Å². The normalized spacial score (nSPS) is 16.1. The van der Waals surface area contributed by atoms with E-state index in [9.17, 15) is 14.7 Å². The van der Waals surface area contributed by atoms with Crippen molar-refractivity contribution in [3.8, 4) is 0 Å². The molecule has 2 aromatic carbocycles. The molecule has 1 unspecified atom stereocenters. The van der Waals surface area contributed by atoms with E-state index in [1.54, 1.807) is 25.3 Å². The molecule has 1 amide bonds. The van der Waals surface area contributed by atoms with Crippen LogP contribution < -0.4 is 40.0 Å². The van der Waals surface area contributed by atoms with Gasteiger partial charge in [0.05, 0.1) is 33.2 Å². The van der Waals surface area contributed by atoms with Crippen LogP contribution in [0.25, 0.3) is 6.08 Å². The van der Waals surface area contributed by atoms with Gasteiger partial charge >= 0.3 is 29.6 Å². The maximum absolute atomic E-state index is 12.5. The molecule has 33 heavy (non-hydrogen) atoms. The summed E-state index contributed by atoms with van der Waals surface area (Å²) in [6.45, 7) is 1.32. The molecule has 1 heterocycles. The summed E-state index contributed by atoms with van der Waals surface area (Å²) in [5.41, 5.74) is 1.66. The summed E-state index contributed by atoms with van der Waals surface area (Å²) in [4.78, 5) is 24.0. The summed E-state index contributed by atoms with van der Waals surface area (Å²) in [6, 6.07) is 11.3. The zero-order valence-corrected chi connectivity index (χ0v) is 22.1. The molecule has 170 valence electrons. The van der Waals surface area contributed by atoms with E-state index >= 15 is 0 Å². The fraction of sp³-hybridized carbons (Fsp3) is 0.333. The van der Waals surface area contributed by atoms with Crippen molar-refractivity contribution in [2.75, 3.05) is 20.3 Å². The van der Waals surface area contributed by atoms with E-state index < -0.39 is 17.9 Å². The van der Waals surface area contributed by atoms with Gasteiger partial charge in [0.25, 0.3) is 5.91 Å². The van der Waals surface area contributed by atoms with E-state index in [4.69, 9.17) is 32.7 Å². The number of ether oxygens (including phenoxy) is 2. The SMILES string of the molecule is COC1(c2ccc(/C=C/CC(NC(=O)c3c(Cl)cccc3Cl)C(=O)[O-])cc2)CCOCC1.[Na+]. The van der Waals surface area contributed by atoms with Crippen LogP contribution in [0.1, 0.15) is 40.7 Å². The van der Waals surface area contributed by atoms with Crippen molar-refractivity contribution in [1.29, 1.82) is 0 Å². The maximum Gasteiger partial charge on any atom is 1.00 e. The molecule has 0 radical (unpaired) electrons. The van der Waals surface area contributed by atoms with Crippen molar-refractivity contribution in [3.05, 3.63) is 75.3 Å². The van der Waals surface area contributed by atoms with Crippen LogP contribution in [0.2, 0.25) is 10.0 Å². The fourth-order valence-corrected chi connectivity index (χ4v) is 4.28. The van der Waals surface area contributed by atoms with Crippen molar-refractivity contribution in [2.45, 2.75) is 30.9 Å². The topological polar surface area (TPSA) is 87.7 Å². The number of rotatable bonds is 8. The van der Waals surface area contributed by atoms with Crippen molar-refractivity contribution in [2.24, 2.45) is 0 Å². The van der Waals surface area contributed by atoms with E-state index in [1.807, 2.05) is 24.3 Å². The summed E-state index contributed by atoms with van der Waals surface area (Å²) in [7, 11) is 1.71. The Morgan fingerprint density at radius 2 is 1.76 bits per heavy atom. The van der Waals surface area contributed by atoms with Crippen LogP contribution in [-0.2, 0) is 19.9 Å². The Bertz CT molecular complexity index is 971. The Morgan fingerprint density at radius 3 is 2.30 bits per heavy atom. The number of hydrogen-bond donors (Lipinski definition) is 1. The molecule has 6 nitrogen and oxygen atoms in total. The molecule has 1 saturated heterocycles. The number of carbonyl (C=O) groups excluding carboxylic acids is 2. The number of carbonyl (C=O) groups is 2. The van der Waals surface area contributed by atoms with Crippen molar-refractivity contribution in [3.63, 3.8) is 0 Å². The summed E-state index contributed by atoms with van der Waals surface area (Å²) in [6.07, 6.45) is 5.09. The van der Waals surface area contributed by atoms with Gasteiger partial charge in [-0.25, -0.2) is 0 Å². The van der Waals surface area contributed by atoms with E-state index in [0.29, 0.717) is 13.2 Å². The molecule has 3 rings (SSSR count). The molecule has 0 aromatic heterocycles. The Hall–Kier alpha value is -1.38.